The molecule has 0 bridgehead atoms. The number of rotatable bonds is 2. The van der Waals surface area contributed by atoms with E-state index in [1.165, 1.54) is 7.11 Å². The molecule has 0 aliphatic carbocycles. The average molecular weight is 158 g/mol. The third kappa shape index (κ3) is 1.91. The predicted molar refractivity (Wildman–Crippen MR) is 40.7 cm³/mol. The van der Waals surface area contributed by atoms with E-state index in [4.69, 9.17) is 0 Å². The van der Waals surface area contributed by atoms with Crippen LogP contribution in [-0.2, 0) is 9.63 Å². The number of carbonyl (C=O) groups is 1. The van der Waals surface area contributed by atoms with Crippen LogP contribution in [0.4, 0.5) is 0 Å². The van der Waals surface area contributed by atoms with E-state index < -0.39 is 0 Å². The molecule has 0 saturated carbocycles. The Bertz CT molecular complexity index is 149. The fraction of sp³-hybridized carbons (Fsp3) is 0.857. The summed E-state index contributed by atoms with van der Waals surface area (Å²) in [6, 6.07) is 0.269. The molecule has 0 aromatic heterocycles. The van der Waals surface area contributed by atoms with E-state index in [-0.39, 0.29) is 17.9 Å². The maximum atomic E-state index is 11.2. The standard InChI is InChI=1S/C7H14N2O2/c1-5-6(3-4-8-5)7(10)9-11-2/h5-6,8H,3-4H2,1-2H3,(H,9,10). The lowest BCUT2D eigenvalue weighted by Crippen LogP contribution is -2.36. The van der Waals surface area contributed by atoms with Crippen molar-refractivity contribution < 1.29 is 9.63 Å². The van der Waals surface area contributed by atoms with E-state index in [1.807, 2.05) is 6.92 Å². The van der Waals surface area contributed by atoms with Crippen LogP contribution in [0.5, 0.6) is 0 Å². The molecule has 1 heterocycles. The molecule has 2 atom stereocenters. The lowest BCUT2D eigenvalue weighted by atomic mass is 10.0. The van der Waals surface area contributed by atoms with Gasteiger partial charge in [-0.05, 0) is 19.9 Å². The highest BCUT2D eigenvalue weighted by atomic mass is 16.6. The van der Waals surface area contributed by atoms with Crippen LogP contribution in [0.3, 0.4) is 0 Å². The maximum Gasteiger partial charge on any atom is 0.248 e. The molecule has 1 aliphatic rings. The van der Waals surface area contributed by atoms with Crippen LogP contribution in [0.2, 0.25) is 0 Å². The molecule has 1 aliphatic heterocycles. The van der Waals surface area contributed by atoms with Gasteiger partial charge >= 0.3 is 0 Å². The Morgan fingerprint density at radius 1 is 1.73 bits per heavy atom. The molecular formula is C7H14N2O2. The van der Waals surface area contributed by atoms with Crippen molar-refractivity contribution in [3.05, 3.63) is 0 Å². The minimum absolute atomic E-state index is 0.0231. The van der Waals surface area contributed by atoms with Gasteiger partial charge in [0, 0.05) is 6.04 Å². The Morgan fingerprint density at radius 2 is 2.45 bits per heavy atom. The minimum atomic E-state index is -0.0231. The molecule has 1 rings (SSSR count). The summed E-state index contributed by atoms with van der Waals surface area (Å²) in [5, 5.41) is 3.19. The molecule has 64 valence electrons. The van der Waals surface area contributed by atoms with Gasteiger partial charge in [0.25, 0.3) is 0 Å². The minimum Gasteiger partial charge on any atom is -0.313 e. The van der Waals surface area contributed by atoms with E-state index in [0.717, 1.165) is 13.0 Å². The van der Waals surface area contributed by atoms with Crippen LogP contribution in [-0.4, -0.2) is 25.6 Å². The third-order valence-corrected chi connectivity index (χ3v) is 2.06. The molecule has 11 heavy (non-hydrogen) atoms. The largest absolute Gasteiger partial charge is 0.313 e. The summed E-state index contributed by atoms with van der Waals surface area (Å²) >= 11 is 0. The second kappa shape index (κ2) is 3.69. The quantitative estimate of drug-likeness (QED) is 0.541. The number of hydrogen-bond donors (Lipinski definition) is 2. The first-order chi connectivity index (χ1) is 5.25. The van der Waals surface area contributed by atoms with Crippen molar-refractivity contribution in [3.63, 3.8) is 0 Å². The van der Waals surface area contributed by atoms with Crippen LogP contribution in [0.15, 0.2) is 0 Å². The van der Waals surface area contributed by atoms with Gasteiger partial charge in [-0.3, -0.25) is 9.63 Å². The second-order valence-electron chi connectivity index (χ2n) is 2.81. The zero-order chi connectivity index (χ0) is 8.27. The Hall–Kier alpha value is -0.610. The summed E-state index contributed by atoms with van der Waals surface area (Å²) < 4.78 is 0. The summed E-state index contributed by atoms with van der Waals surface area (Å²) in [6.45, 7) is 2.93. The Morgan fingerprint density at radius 3 is 2.91 bits per heavy atom. The van der Waals surface area contributed by atoms with Gasteiger partial charge in [-0.2, -0.15) is 0 Å². The monoisotopic (exact) mass is 158 g/mol. The Balaban J connectivity index is 2.39. The zero-order valence-corrected chi connectivity index (χ0v) is 6.89. The van der Waals surface area contributed by atoms with E-state index >= 15 is 0 Å². The number of hydrogen-bond acceptors (Lipinski definition) is 3. The summed E-state index contributed by atoms with van der Waals surface area (Å²) in [4.78, 5) is 15.7. The molecule has 4 heteroatoms. The van der Waals surface area contributed by atoms with Crippen LogP contribution in [0.1, 0.15) is 13.3 Å². The molecule has 0 spiro atoms. The van der Waals surface area contributed by atoms with Gasteiger partial charge in [-0.25, -0.2) is 5.48 Å². The Kier molecular flexibility index (Phi) is 2.84. The molecule has 1 saturated heterocycles. The highest BCUT2D eigenvalue weighted by Gasteiger charge is 2.29. The van der Waals surface area contributed by atoms with Crippen molar-refractivity contribution in [2.45, 2.75) is 19.4 Å². The van der Waals surface area contributed by atoms with Gasteiger partial charge < -0.3 is 5.32 Å². The van der Waals surface area contributed by atoms with Crippen LogP contribution < -0.4 is 10.8 Å². The number of amides is 1. The van der Waals surface area contributed by atoms with Gasteiger partial charge in [0.2, 0.25) is 5.91 Å². The lowest BCUT2D eigenvalue weighted by molar-refractivity contribution is -0.135. The highest BCUT2D eigenvalue weighted by Crippen LogP contribution is 2.14. The normalized spacial score (nSPS) is 30.4. The van der Waals surface area contributed by atoms with E-state index in [0.29, 0.717) is 0 Å². The van der Waals surface area contributed by atoms with Crippen molar-refractivity contribution in [1.29, 1.82) is 0 Å². The second-order valence-corrected chi connectivity index (χ2v) is 2.81. The van der Waals surface area contributed by atoms with Gasteiger partial charge in [0.05, 0.1) is 13.0 Å². The van der Waals surface area contributed by atoms with E-state index in [1.54, 1.807) is 0 Å². The number of carbonyl (C=O) groups excluding carboxylic acids is 1. The van der Waals surface area contributed by atoms with Gasteiger partial charge in [-0.15, -0.1) is 0 Å². The molecule has 2 N–H and O–H groups in total. The van der Waals surface area contributed by atoms with E-state index in [2.05, 4.69) is 15.6 Å². The summed E-state index contributed by atoms with van der Waals surface area (Å²) in [5.41, 5.74) is 2.34. The highest BCUT2D eigenvalue weighted by molar-refractivity contribution is 5.78. The molecule has 4 nitrogen and oxygen atoms in total. The molecular weight excluding hydrogens is 144 g/mol. The van der Waals surface area contributed by atoms with E-state index in [9.17, 15) is 4.79 Å². The maximum absolute atomic E-state index is 11.2. The third-order valence-electron chi connectivity index (χ3n) is 2.06. The SMILES string of the molecule is CONC(=O)C1CCNC1C. The Labute approximate surface area is 66.3 Å². The molecule has 2 unspecified atom stereocenters. The lowest BCUT2D eigenvalue weighted by Gasteiger charge is -2.12. The first-order valence-corrected chi connectivity index (χ1v) is 3.82. The van der Waals surface area contributed by atoms with Crippen LogP contribution in [0.25, 0.3) is 0 Å². The van der Waals surface area contributed by atoms with Gasteiger partial charge in [-0.1, -0.05) is 0 Å². The smallest absolute Gasteiger partial charge is 0.248 e. The molecule has 1 amide bonds. The molecule has 0 radical (unpaired) electrons. The number of nitrogens with one attached hydrogen (secondary N) is 2. The first-order valence-electron chi connectivity index (χ1n) is 3.82. The van der Waals surface area contributed by atoms with Gasteiger partial charge in [0.1, 0.15) is 0 Å². The average Bonchev–Trinajstić information content (AvgIpc) is 2.36. The van der Waals surface area contributed by atoms with Crippen molar-refractivity contribution in [2.75, 3.05) is 13.7 Å². The van der Waals surface area contributed by atoms with Crippen molar-refractivity contribution >= 4 is 5.91 Å². The fourth-order valence-electron chi connectivity index (χ4n) is 1.39. The predicted octanol–water partition coefficient (Wildman–Crippen LogP) is -0.338. The number of hydroxylamine groups is 1. The van der Waals surface area contributed by atoms with Crippen molar-refractivity contribution in [2.24, 2.45) is 5.92 Å². The topological polar surface area (TPSA) is 50.4 Å². The van der Waals surface area contributed by atoms with Crippen molar-refractivity contribution in [3.8, 4) is 0 Å². The van der Waals surface area contributed by atoms with Crippen LogP contribution in [0, 0.1) is 5.92 Å². The fourth-order valence-corrected chi connectivity index (χ4v) is 1.39. The molecule has 0 aromatic rings. The summed E-state index contributed by atoms with van der Waals surface area (Å²) in [5.74, 6) is 0.0416. The molecule has 1 fully saturated rings. The van der Waals surface area contributed by atoms with Gasteiger partial charge in [0.15, 0.2) is 0 Å². The first kappa shape index (κ1) is 8.49. The summed E-state index contributed by atoms with van der Waals surface area (Å²) in [7, 11) is 1.45. The molecule has 0 aromatic carbocycles. The summed E-state index contributed by atoms with van der Waals surface area (Å²) in [6.07, 6.45) is 0.899. The van der Waals surface area contributed by atoms with Crippen LogP contribution >= 0.6 is 0 Å². The zero-order valence-electron chi connectivity index (χ0n) is 6.89. The van der Waals surface area contributed by atoms with Crippen molar-refractivity contribution in [1.82, 2.24) is 10.8 Å².